The Labute approximate surface area is 404 Å². The lowest BCUT2D eigenvalue weighted by atomic mass is 9.86. The van der Waals surface area contributed by atoms with E-state index in [4.69, 9.17) is 23.7 Å². The predicted molar refractivity (Wildman–Crippen MR) is 278 cm³/mol. The van der Waals surface area contributed by atoms with Crippen molar-refractivity contribution in [2.75, 3.05) is 7.11 Å². The molecular formula is C57H81NO8Si. The van der Waals surface area contributed by atoms with E-state index in [2.05, 4.69) is 99.7 Å². The normalized spacial score (nSPS) is 20.4. The van der Waals surface area contributed by atoms with E-state index in [1.54, 1.807) is 18.1 Å². The van der Waals surface area contributed by atoms with Crippen molar-refractivity contribution in [3.8, 4) is 0 Å². The van der Waals surface area contributed by atoms with Crippen LogP contribution in [0, 0.1) is 11.8 Å². The van der Waals surface area contributed by atoms with Crippen LogP contribution in [0.5, 0.6) is 0 Å². The van der Waals surface area contributed by atoms with Crippen LogP contribution in [0.4, 0.5) is 4.79 Å². The summed E-state index contributed by atoms with van der Waals surface area (Å²) in [6.45, 7) is 28.1. The van der Waals surface area contributed by atoms with Crippen LogP contribution in [-0.4, -0.2) is 84.4 Å². The molecule has 0 unspecified atom stereocenters. The van der Waals surface area contributed by atoms with Crippen LogP contribution in [-0.2, 0) is 23.4 Å². The molecule has 1 fully saturated rings. The molecule has 9 nitrogen and oxygen atoms in total. The van der Waals surface area contributed by atoms with E-state index in [0.29, 0.717) is 12.8 Å². The number of allylic oxidation sites excluding steroid dienone is 12. The van der Waals surface area contributed by atoms with Gasteiger partial charge in [0, 0.05) is 31.4 Å². The molecule has 366 valence electrons. The summed E-state index contributed by atoms with van der Waals surface area (Å²) in [7, 11) is -1.17. The largest absolute Gasteiger partial charge is 0.478 e. The quantitative estimate of drug-likeness (QED) is 0.0723. The van der Waals surface area contributed by atoms with Crippen LogP contribution in [0.2, 0.25) is 5.04 Å². The van der Waals surface area contributed by atoms with Gasteiger partial charge >= 0.3 is 12.1 Å². The molecule has 1 amide bonds. The summed E-state index contributed by atoms with van der Waals surface area (Å²) in [5.74, 6) is -1.40. The molecule has 1 heterocycles. The molecule has 1 aliphatic rings. The van der Waals surface area contributed by atoms with Crippen LogP contribution in [0.3, 0.4) is 0 Å². The molecule has 1 saturated heterocycles. The highest BCUT2D eigenvalue weighted by molar-refractivity contribution is 6.99. The maximum absolute atomic E-state index is 13.2. The van der Waals surface area contributed by atoms with Crippen molar-refractivity contribution in [3.63, 3.8) is 0 Å². The van der Waals surface area contributed by atoms with Crippen molar-refractivity contribution < 1.29 is 38.4 Å². The molecule has 0 spiro atoms. The molecule has 10 heteroatoms. The Hall–Kier alpha value is -4.84. The first-order valence-electron chi connectivity index (χ1n) is 23.7. The number of carboxylic acids is 1. The summed E-state index contributed by atoms with van der Waals surface area (Å²) >= 11 is 0. The number of aliphatic hydroxyl groups is 1. The number of methoxy groups -OCH3 is 1. The first kappa shape index (κ1) is 56.5. The van der Waals surface area contributed by atoms with Gasteiger partial charge in [-0.05, 0) is 84.1 Å². The zero-order chi connectivity index (χ0) is 50.2. The first-order chi connectivity index (χ1) is 31.3. The number of carbonyl (C=O) groups is 2. The number of amides is 1. The third kappa shape index (κ3) is 17.0. The Morgan fingerprint density at radius 3 is 1.90 bits per heavy atom. The fourth-order valence-corrected chi connectivity index (χ4v) is 13.2. The Bertz CT molecular complexity index is 2090. The number of aliphatic hydroxyl groups excluding tert-OH is 1. The third-order valence-electron chi connectivity index (χ3n) is 12.1. The summed E-state index contributed by atoms with van der Waals surface area (Å²) in [4.78, 5) is 25.7. The second-order valence-corrected chi connectivity index (χ2v) is 24.7. The Morgan fingerprint density at radius 1 is 0.806 bits per heavy atom. The fraction of sp³-hybridized carbons (Fsp3) is 0.474. The van der Waals surface area contributed by atoms with Crippen LogP contribution in [0.15, 0.2) is 156 Å². The van der Waals surface area contributed by atoms with Gasteiger partial charge in [0.05, 0.1) is 30.5 Å². The molecule has 0 aliphatic carbocycles. The maximum atomic E-state index is 13.2. The molecule has 2 N–H and O–H groups in total. The summed E-state index contributed by atoms with van der Waals surface area (Å²) in [5.41, 5.74) is 1.52. The number of benzene rings is 2. The average molecular weight is 936 g/mol. The number of nitrogens with zero attached hydrogens (tertiary/aromatic N) is 1. The lowest BCUT2D eigenvalue weighted by Crippen LogP contribution is -2.67. The SMILES string of the molecule is CO[C@@H](C\C=C(C)/C=C/C(C)=C\C=C\C(=O)O)C[C@@H](/C=C/C=C/C=C(C)/C=C/[C@@H](C)[C@@H](O)[C@H](C)[C@@H]1OC(C)(C)N(C(=O)OC(C)(C)C)[C@@H]1C)O[Si](c1ccccc1)(c1ccccc1)C(C)(C)C. The van der Waals surface area contributed by atoms with Crippen LogP contribution in [0.25, 0.3) is 0 Å². The number of hydrogen-bond donors (Lipinski definition) is 2. The minimum atomic E-state index is -2.92. The van der Waals surface area contributed by atoms with Gasteiger partial charge in [-0.15, -0.1) is 0 Å². The highest BCUT2D eigenvalue weighted by Gasteiger charge is 2.53. The molecule has 0 bridgehead atoms. The van der Waals surface area contributed by atoms with Gasteiger partial charge in [-0.25, -0.2) is 9.59 Å². The third-order valence-corrected chi connectivity index (χ3v) is 17.2. The van der Waals surface area contributed by atoms with E-state index >= 15 is 0 Å². The van der Waals surface area contributed by atoms with E-state index < -0.39 is 37.8 Å². The van der Waals surface area contributed by atoms with Gasteiger partial charge < -0.3 is 28.8 Å². The van der Waals surface area contributed by atoms with Gasteiger partial charge in [-0.2, -0.15) is 0 Å². The molecular weight excluding hydrogens is 855 g/mol. The monoisotopic (exact) mass is 936 g/mol. The second kappa shape index (κ2) is 25.5. The highest BCUT2D eigenvalue weighted by atomic mass is 28.4. The minimum absolute atomic E-state index is 0.137. The van der Waals surface area contributed by atoms with Crippen LogP contribution >= 0.6 is 0 Å². The molecule has 0 radical (unpaired) electrons. The van der Waals surface area contributed by atoms with E-state index in [1.165, 1.54) is 16.4 Å². The number of hydrogen-bond acceptors (Lipinski definition) is 7. The van der Waals surface area contributed by atoms with E-state index in [-0.39, 0.29) is 41.2 Å². The molecule has 7 atom stereocenters. The van der Waals surface area contributed by atoms with Crippen molar-refractivity contribution in [2.24, 2.45) is 11.8 Å². The zero-order valence-electron chi connectivity index (χ0n) is 43.0. The van der Waals surface area contributed by atoms with Crippen molar-refractivity contribution in [3.05, 3.63) is 156 Å². The van der Waals surface area contributed by atoms with Crippen molar-refractivity contribution >= 4 is 30.8 Å². The van der Waals surface area contributed by atoms with Crippen molar-refractivity contribution in [1.29, 1.82) is 0 Å². The first-order valence-corrected chi connectivity index (χ1v) is 25.6. The Kier molecular flexibility index (Phi) is 21.5. The molecule has 2 aromatic rings. The lowest BCUT2D eigenvalue weighted by molar-refractivity contribution is -0.131. The van der Waals surface area contributed by atoms with Gasteiger partial charge in [0.2, 0.25) is 0 Å². The Morgan fingerprint density at radius 2 is 1.36 bits per heavy atom. The number of rotatable bonds is 21. The van der Waals surface area contributed by atoms with Crippen molar-refractivity contribution in [2.45, 2.75) is 157 Å². The number of carbonyl (C=O) groups excluding carboxylic acids is 1. The van der Waals surface area contributed by atoms with Gasteiger partial charge in [-0.3, -0.25) is 4.90 Å². The zero-order valence-corrected chi connectivity index (χ0v) is 44.0. The number of carboxylic acid groups (broad SMARTS) is 1. The number of aliphatic carboxylic acids is 1. The van der Waals surface area contributed by atoms with E-state index in [9.17, 15) is 14.7 Å². The summed E-state index contributed by atoms with van der Waals surface area (Å²) in [6.07, 6.45) is 24.3. The predicted octanol–water partition coefficient (Wildman–Crippen LogP) is 11.8. The molecule has 0 saturated carbocycles. The van der Waals surface area contributed by atoms with Gasteiger partial charge in [0.25, 0.3) is 8.32 Å². The van der Waals surface area contributed by atoms with Gasteiger partial charge in [-0.1, -0.05) is 185 Å². The van der Waals surface area contributed by atoms with Gasteiger partial charge in [0.15, 0.2) is 0 Å². The summed E-state index contributed by atoms with van der Waals surface area (Å²) < 4.78 is 25.9. The van der Waals surface area contributed by atoms with E-state index in [0.717, 1.165) is 22.8 Å². The minimum Gasteiger partial charge on any atom is -0.478 e. The highest BCUT2D eigenvalue weighted by Crippen LogP contribution is 2.40. The maximum Gasteiger partial charge on any atom is 0.412 e. The molecule has 2 aromatic carbocycles. The number of ether oxygens (including phenoxy) is 3. The van der Waals surface area contributed by atoms with Crippen molar-refractivity contribution in [1.82, 2.24) is 4.90 Å². The fourth-order valence-electron chi connectivity index (χ4n) is 8.59. The smallest absolute Gasteiger partial charge is 0.412 e. The summed E-state index contributed by atoms with van der Waals surface area (Å²) in [5, 5.41) is 22.6. The second-order valence-electron chi connectivity index (χ2n) is 20.4. The van der Waals surface area contributed by atoms with Crippen LogP contribution < -0.4 is 10.4 Å². The standard InChI is InChI=1S/C57H81NO8Si/c1-41(36-38-44(4)52(61)45(5)53-46(6)58(57(13,14)64-53)54(62)65-55(7,8)9)26-19-16-20-28-48(40-47(63-15)39-37-43(3)35-34-42(2)27-25-33-51(59)60)66-67(56(10,11)12,49-29-21-17-22-30-49)50-31-23-18-24-32-50/h16-38,44-48,52-53,61H,39-40H2,1-15H3,(H,59,60)/b19-16+,28-20+,33-25+,35-34+,38-36+,41-26+,42-27-,43-37-/t44-,45+,46-,47+,48-,52-,53+/m1/s1. The van der Waals surface area contributed by atoms with Gasteiger partial charge in [0.1, 0.15) is 11.3 Å². The topological polar surface area (TPSA) is 115 Å². The average Bonchev–Trinajstić information content (AvgIpc) is 3.51. The van der Waals surface area contributed by atoms with Crippen LogP contribution in [0.1, 0.15) is 110 Å². The molecule has 0 aromatic heterocycles. The van der Waals surface area contributed by atoms with E-state index in [1.807, 2.05) is 119 Å². The Balaban J connectivity index is 1.87. The summed E-state index contributed by atoms with van der Waals surface area (Å²) in [6, 6.07) is 21.0. The molecule has 1 aliphatic heterocycles. The molecule has 3 rings (SSSR count). The molecule has 67 heavy (non-hydrogen) atoms. The lowest BCUT2D eigenvalue weighted by Gasteiger charge is -2.45.